The van der Waals surface area contributed by atoms with Crippen LogP contribution in [0.2, 0.25) is 0 Å². The van der Waals surface area contributed by atoms with Crippen molar-refractivity contribution in [3.05, 3.63) is 35.4 Å². The minimum absolute atomic E-state index is 0.121. The van der Waals surface area contributed by atoms with Crippen molar-refractivity contribution in [3.63, 3.8) is 0 Å². The number of esters is 2. The molecule has 0 unspecified atom stereocenters. The standard InChI is InChI=1S/C20H24N2O7/c1-11(2)9-15(20(27)28-4)21-16(23)10-29-19(26)12(3)22-17(24)13-7-5-6-8-14(13)18(22)25/h5-8,11-12,15H,9-10H2,1-4H3,(H,21,23)/t12-,15-/m0/s1. The summed E-state index contributed by atoms with van der Waals surface area (Å²) in [6.45, 7) is 4.45. The highest BCUT2D eigenvalue weighted by atomic mass is 16.5. The van der Waals surface area contributed by atoms with E-state index in [4.69, 9.17) is 4.74 Å². The van der Waals surface area contributed by atoms with Crippen LogP contribution in [0.4, 0.5) is 0 Å². The molecule has 0 bridgehead atoms. The Morgan fingerprint density at radius 2 is 1.55 bits per heavy atom. The van der Waals surface area contributed by atoms with E-state index >= 15 is 0 Å². The molecule has 1 aliphatic heterocycles. The second kappa shape index (κ2) is 9.31. The third kappa shape index (κ3) is 4.98. The number of nitrogens with zero attached hydrogens (tertiary/aromatic N) is 1. The van der Waals surface area contributed by atoms with Crippen LogP contribution in [-0.2, 0) is 23.9 Å². The number of hydrogen-bond acceptors (Lipinski definition) is 7. The Bertz CT molecular complexity index is 799. The van der Waals surface area contributed by atoms with E-state index in [0.717, 1.165) is 4.90 Å². The first kappa shape index (κ1) is 22.1. The number of benzene rings is 1. The Morgan fingerprint density at radius 1 is 1.00 bits per heavy atom. The van der Waals surface area contributed by atoms with E-state index in [1.807, 2.05) is 13.8 Å². The first-order valence-corrected chi connectivity index (χ1v) is 9.18. The quantitative estimate of drug-likeness (QED) is 0.505. The molecule has 2 rings (SSSR count). The Balaban J connectivity index is 1.95. The first-order chi connectivity index (χ1) is 13.7. The molecule has 1 aromatic carbocycles. The molecule has 1 aliphatic rings. The maximum Gasteiger partial charge on any atom is 0.329 e. The molecule has 0 saturated heterocycles. The van der Waals surface area contributed by atoms with Crippen molar-refractivity contribution in [2.24, 2.45) is 5.92 Å². The van der Waals surface area contributed by atoms with Gasteiger partial charge in [-0.25, -0.2) is 9.59 Å². The lowest BCUT2D eigenvalue weighted by Gasteiger charge is -2.21. The summed E-state index contributed by atoms with van der Waals surface area (Å²) in [5.41, 5.74) is 0.425. The number of rotatable bonds is 8. The van der Waals surface area contributed by atoms with Crippen LogP contribution in [0.3, 0.4) is 0 Å². The molecule has 0 fully saturated rings. The largest absolute Gasteiger partial charge is 0.467 e. The molecule has 0 saturated carbocycles. The summed E-state index contributed by atoms with van der Waals surface area (Å²) < 4.78 is 9.60. The number of fused-ring (bicyclic) bond motifs is 1. The van der Waals surface area contributed by atoms with Crippen LogP contribution < -0.4 is 5.32 Å². The van der Waals surface area contributed by atoms with Gasteiger partial charge in [0.15, 0.2) is 6.61 Å². The Labute approximate surface area is 168 Å². The van der Waals surface area contributed by atoms with Crippen molar-refractivity contribution in [2.45, 2.75) is 39.3 Å². The van der Waals surface area contributed by atoms with Gasteiger partial charge in [0.25, 0.3) is 17.7 Å². The van der Waals surface area contributed by atoms with Gasteiger partial charge in [0.05, 0.1) is 18.2 Å². The number of hydrogen-bond donors (Lipinski definition) is 1. The van der Waals surface area contributed by atoms with Gasteiger partial charge < -0.3 is 14.8 Å². The van der Waals surface area contributed by atoms with E-state index in [1.54, 1.807) is 12.1 Å². The highest BCUT2D eigenvalue weighted by Gasteiger charge is 2.41. The Morgan fingerprint density at radius 3 is 2.03 bits per heavy atom. The lowest BCUT2D eigenvalue weighted by molar-refractivity contribution is -0.153. The van der Waals surface area contributed by atoms with Crippen LogP contribution in [0.1, 0.15) is 47.9 Å². The lowest BCUT2D eigenvalue weighted by atomic mass is 10.0. The van der Waals surface area contributed by atoms with Crippen molar-refractivity contribution in [2.75, 3.05) is 13.7 Å². The zero-order chi connectivity index (χ0) is 21.7. The topological polar surface area (TPSA) is 119 Å². The van der Waals surface area contributed by atoms with E-state index in [0.29, 0.717) is 6.42 Å². The second-order valence-corrected chi connectivity index (χ2v) is 7.08. The third-order valence-corrected chi connectivity index (χ3v) is 4.43. The molecule has 1 N–H and O–H groups in total. The summed E-state index contributed by atoms with van der Waals surface area (Å²) in [5, 5.41) is 2.46. The fourth-order valence-electron chi connectivity index (χ4n) is 2.99. The molecule has 9 nitrogen and oxygen atoms in total. The molecule has 29 heavy (non-hydrogen) atoms. The monoisotopic (exact) mass is 404 g/mol. The third-order valence-electron chi connectivity index (χ3n) is 4.43. The van der Waals surface area contributed by atoms with Gasteiger partial charge in [0, 0.05) is 0 Å². The maximum absolute atomic E-state index is 12.4. The number of nitrogens with one attached hydrogen (secondary N) is 1. The zero-order valence-electron chi connectivity index (χ0n) is 16.8. The average molecular weight is 404 g/mol. The van der Waals surface area contributed by atoms with Gasteiger partial charge in [-0.05, 0) is 31.4 Å². The molecule has 1 heterocycles. The molecule has 0 aliphatic carbocycles. The van der Waals surface area contributed by atoms with Gasteiger partial charge in [-0.2, -0.15) is 0 Å². The highest BCUT2D eigenvalue weighted by molar-refractivity contribution is 6.22. The predicted octanol–water partition coefficient (Wildman–Crippen LogP) is 0.918. The SMILES string of the molecule is COC(=O)[C@H](CC(C)C)NC(=O)COC(=O)[C@H](C)N1C(=O)c2ccccc2C1=O. The summed E-state index contributed by atoms with van der Waals surface area (Å²) >= 11 is 0. The smallest absolute Gasteiger partial charge is 0.329 e. The molecule has 0 spiro atoms. The van der Waals surface area contributed by atoms with E-state index < -0.39 is 48.4 Å². The zero-order valence-corrected chi connectivity index (χ0v) is 16.8. The van der Waals surface area contributed by atoms with Crippen molar-refractivity contribution in [1.82, 2.24) is 10.2 Å². The number of ether oxygens (including phenoxy) is 2. The highest BCUT2D eigenvalue weighted by Crippen LogP contribution is 2.24. The normalized spacial score (nSPS) is 15.0. The van der Waals surface area contributed by atoms with Crippen molar-refractivity contribution < 1.29 is 33.4 Å². The summed E-state index contributed by atoms with van der Waals surface area (Å²) in [6.07, 6.45) is 0.359. The van der Waals surface area contributed by atoms with Gasteiger partial charge >= 0.3 is 11.9 Å². The van der Waals surface area contributed by atoms with E-state index in [9.17, 15) is 24.0 Å². The lowest BCUT2D eigenvalue weighted by Crippen LogP contribution is -2.46. The minimum atomic E-state index is -1.21. The van der Waals surface area contributed by atoms with Gasteiger partial charge in [-0.3, -0.25) is 19.3 Å². The van der Waals surface area contributed by atoms with Gasteiger partial charge in [-0.15, -0.1) is 0 Å². The van der Waals surface area contributed by atoms with Crippen LogP contribution in [-0.4, -0.2) is 60.4 Å². The number of carbonyl (C=O) groups is 5. The number of amides is 3. The predicted molar refractivity (Wildman–Crippen MR) is 101 cm³/mol. The minimum Gasteiger partial charge on any atom is -0.467 e. The van der Waals surface area contributed by atoms with E-state index in [1.165, 1.54) is 26.2 Å². The summed E-state index contributed by atoms with van der Waals surface area (Å²) in [6, 6.07) is 4.18. The van der Waals surface area contributed by atoms with Crippen LogP contribution in [0.15, 0.2) is 24.3 Å². The van der Waals surface area contributed by atoms with Crippen LogP contribution in [0.5, 0.6) is 0 Å². The van der Waals surface area contributed by atoms with Crippen LogP contribution in [0, 0.1) is 5.92 Å². The van der Waals surface area contributed by atoms with E-state index in [-0.39, 0.29) is 17.0 Å². The molecular formula is C20H24N2O7. The number of imide groups is 1. The van der Waals surface area contributed by atoms with Crippen molar-refractivity contribution in [1.29, 1.82) is 0 Å². The van der Waals surface area contributed by atoms with Crippen molar-refractivity contribution >= 4 is 29.7 Å². The molecule has 0 aromatic heterocycles. The molecule has 3 amide bonds. The number of methoxy groups -OCH3 is 1. The molecule has 156 valence electrons. The fraction of sp³-hybridized carbons (Fsp3) is 0.450. The molecule has 9 heteroatoms. The van der Waals surface area contributed by atoms with Crippen LogP contribution in [0.25, 0.3) is 0 Å². The Hall–Kier alpha value is -3.23. The van der Waals surface area contributed by atoms with Gasteiger partial charge in [-0.1, -0.05) is 26.0 Å². The first-order valence-electron chi connectivity index (χ1n) is 9.18. The number of carbonyl (C=O) groups excluding carboxylic acids is 5. The summed E-state index contributed by atoms with van der Waals surface area (Å²) in [5.74, 6) is -3.27. The van der Waals surface area contributed by atoms with E-state index in [2.05, 4.69) is 10.1 Å². The van der Waals surface area contributed by atoms with Gasteiger partial charge in [0.1, 0.15) is 12.1 Å². The van der Waals surface area contributed by atoms with Crippen molar-refractivity contribution in [3.8, 4) is 0 Å². The Kier molecular flexibility index (Phi) is 7.08. The summed E-state index contributed by atoms with van der Waals surface area (Å²) in [7, 11) is 1.21. The molecule has 0 radical (unpaired) electrons. The fourth-order valence-corrected chi connectivity index (χ4v) is 2.99. The molecular weight excluding hydrogens is 380 g/mol. The van der Waals surface area contributed by atoms with Crippen LogP contribution >= 0.6 is 0 Å². The summed E-state index contributed by atoms with van der Waals surface area (Å²) in [4.78, 5) is 61.7. The molecule has 1 aromatic rings. The van der Waals surface area contributed by atoms with Gasteiger partial charge in [0.2, 0.25) is 0 Å². The average Bonchev–Trinajstić information content (AvgIpc) is 2.94. The molecule has 2 atom stereocenters. The maximum atomic E-state index is 12.4. The second-order valence-electron chi connectivity index (χ2n) is 7.08.